The molecule has 96 valence electrons. The first-order valence-electron chi connectivity index (χ1n) is 5.07. The molecular formula is C10H9FN2O4S. The minimum absolute atomic E-state index is 0.205. The van der Waals surface area contributed by atoms with Crippen LogP contribution in [0.5, 0.6) is 0 Å². The summed E-state index contributed by atoms with van der Waals surface area (Å²) in [4.78, 5) is 27.0. The molecule has 1 fully saturated rings. The summed E-state index contributed by atoms with van der Waals surface area (Å²) in [7, 11) is -4.74. The lowest BCUT2D eigenvalue weighted by Crippen LogP contribution is -2.27. The Morgan fingerprint density at radius 2 is 2.17 bits per heavy atom. The number of nitrogens with zero attached hydrogens (tertiary/aromatic N) is 2. The van der Waals surface area contributed by atoms with Crippen molar-refractivity contribution in [3.8, 4) is 0 Å². The summed E-state index contributed by atoms with van der Waals surface area (Å²) in [5.74, 6) is -0.302. The number of aldehydes is 1. The lowest BCUT2D eigenvalue weighted by Gasteiger charge is -2.14. The van der Waals surface area contributed by atoms with Gasteiger partial charge in [0.15, 0.2) is 6.29 Å². The highest BCUT2D eigenvalue weighted by Crippen LogP contribution is 2.24. The van der Waals surface area contributed by atoms with Crippen LogP contribution in [0, 0.1) is 0 Å². The molecule has 0 N–H and O–H groups in total. The number of rotatable bonds is 3. The van der Waals surface area contributed by atoms with Gasteiger partial charge in [0.25, 0.3) is 0 Å². The zero-order valence-electron chi connectivity index (χ0n) is 9.11. The predicted octanol–water partition coefficient (Wildman–Crippen LogP) is 0.299. The van der Waals surface area contributed by atoms with Crippen LogP contribution in [0.2, 0.25) is 0 Å². The zero-order valence-corrected chi connectivity index (χ0v) is 9.93. The van der Waals surface area contributed by atoms with Crippen LogP contribution in [-0.4, -0.2) is 37.4 Å². The number of amides is 1. The number of hydrogen-bond acceptors (Lipinski definition) is 5. The second kappa shape index (κ2) is 4.45. The van der Waals surface area contributed by atoms with Gasteiger partial charge in [-0.1, -0.05) is 0 Å². The highest BCUT2D eigenvalue weighted by atomic mass is 32.3. The molecule has 0 spiro atoms. The number of halogens is 1. The molecule has 0 aliphatic carbocycles. The van der Waals surface area contributed by atoms with Crippen molar-refractivity contribution in [1.29, 1.82) is 0 Å². The molecule has 0 aromatic carbocycles. The zero-order chi connectivity index (χ0) is 13.3. The van der Waals surface area contributed by atoms with E-state index in [0.717, 1.165) is 4.90 Å². The van der Waals surface area contributed by atoms with E-state index < -0.39 is 27.8 Å². The van der Waals surface area contributed by atoms with E-state index in [9.17, 15) is 21.9 Å². The molecule has 2 rings (SSSR count). The van der Waals surface area contributed by atoms with E-state index in [1.807, 2.05) is 0 Å². The van der Waals surface area contributed by atoms with Gasteiger partial charge in [-0.05, 0) is 12.1 Å². The van der Waals surface area contributed by atoms with Crippen molar-refractivity contribution in [2.75, 3.05) is 11.4 Å². The van der Waals surface area contributed by atoms with E-state index in [1.165, 1.54) is 18.3 Å². The van der Waals surface area contributed by atoms with Gasteiger partial charge in [0.05, 0.1) is 0 Å². The summed E-state index contributed by atoms with van der Waals surface area (Å²) in [5.41, 5.74) is 0.333. The summed E-state index contributed by atoms with van der Waals surface area (Å²) in [6.45, 7) is -0.259. The van der Waals surface area contributed by atoms with E-state index in [0.29, 0.717) is 11.8 Å². The smallest absolute Gasteiger partial charge is 0.298 e. The average Bonchev–Trinajstić information content (AvgIpc) is 2.71. The maximum absolute atomic E-state index is 12.8. The molecule has 1 saturated heterocycles. The number of pyridine rings is 1. The Morgan fingerprint density at radius 1 is 1.44 bits per heavy atom. The van der Waals surface area contributed by atoms with E-state index in [2.05, 4.69) is 4.98 Å². The molecule has 2 heterocycles. The second-order valence-electron chi connectivity index (χ2n) is 3.87. The third kappa shape index (κ3) is 2.37. The summed E-state index contributed by atoms with van der Waals surface area (Å²) >= 11 is 0. The molecule has 1 aromatic rings. The molecule has 1 amide bonds. The van der Waals surface area contributed by atoms with Gasteiger partial charge in [-0.3, -0.25) is 14.5 Å². The minimum Gasteiger partial charge on any atom is -0.298 e. The van der Waals surface area contributed by atoms with E-state index in [1.54, 1.807) is 0 Å². The van der Waals surface area contributed by atoms with Gasteiger partial charge in [0.2, 0.25) is 5.91 Å². The van der Waals surface area contributed by atoms with Gasteiger partial charge in [0.1, 0.15) is 11.1 Å². The number of carbonyl (C=O) groups is 2. The Kier molecular flexibility index (Phi) is 3.12. The summed E-state index contributed by atoms with van der Waals surface area (Å²) in [6.07, 6.45) is 1.46. The van der Waals surface area contributed by atoms with Crippen molar-refractivity contribution in [1.82, 2.24) is 4.98 Å². The number of anilines is 1. The predicted molar refractivity (Wildman–Crippen MR) is 60.4 cm³/mol. The van der Waals surface area contributed by atoms with Crippen molar-refractivity contribution >= 4 is 28.2 Å². The molecule has 1 atom stereocenters. The molecular weight excluding hydrogens is 263 g/mol. The van der Waals surface area contributed by atoms with Gasteiger partial charge >= 0.3 is 10.2 Å². The molecule has 1 aliphatic rings. The SMILES string of the molecule is O=Cc1ccc(N2CC(S(=O)(=O)F)CC2=O)nc1. The molecule has 18 heavy (non-hydrogen) atoms. The summed E-state index contributed by atoms with van der Waals surface area (Å²) in [6, 6.07) is 2.86. The third-order valence-corrected chi connectivity index (χ3v) is 3.78. The molecule has 1 aromatic heterocycles. The third-order valence-electron chi connectivity index (χ3n) is 2.67. The lowest BCUT2D eigenvalue weighted by molar-refractivity contribution is -0.117. The summed E-state index contributed by atoms with van der Waals surface area (Å²) in [5, 5.41) is -1.35. The van der Waals surface area contributed by atoms with E-state index >= 15 is 0 Å². The van der Waals surface area contributed by atoms with Gasteiger partial charge in [0, 0.05) is 24.7 Å². The monoisotopic (exact) mass is 272 g/mol. The number of carbonyl (C=O) groups excluding carboxylic acids is 2. The van der Waals surface area contributed by atoms with Crippen LogP contribution in [0.15, 0.2) is 18.3 Å². The first-order chi connectivity index (χ1) is 8.41. The van der Waals surface area contributed by atoms with Crippen molar-refractivity contribution < 1.29 is 21.9 Å². The normalized spacial score (nSPS) is 20.2. The maximum Gasteiger partial charge on any atom is 0.307 e. The van der Waals surface area contributed by atoms with Crippen LogP contribution in [0.4, 0.5) is 9.70 Å². The standard InChI is InChI=1S/C10H9FN2O4S/c11-18(16,17)8-3-10(15)13(5-8)9-2-1-7(6-14)4-12-9/h1-2,4,6,8H,3,5H2. The van der Waals surface area contributed by atoms with Crippen molar-refractivity contribution in [3.05, 3.63) is 23.9 Å². The average molecular weight is 272 g/mol. The quantitative estimate of drug-likeness (QED) is 0.583. The van der Waals surface area contributed by atoms with Crippen LogP contribution in [0.1, 0.15) is 16.8 Å². The summed E-state index contributed by atoms with van der Waals surface area (Å²) < 4.78 is 34.3. The van der Waals surface area contributed by atoms with Gasteiger partial charge in [-0.2, -0.15) is 8.42 Å². The van der Waals surface area contributed by atoms with Crippen molar-refractivity contribution in [2.24, 2.45) is 0 Å². The maximum atomic E-state index is 12.8. The second-order valence-corrected chi connectivity index (χ2v) is 5.49. The number of hydrogen-bond donors (Lipinski definition) is 0. The topological polar surface area (TPSA) is 84.4 Å². The van der Waals surface area contributed by atoms with Gasteiger partial charge < -0.3 is 0 Å². The fourth-order valence-electron chi connectivity index (χ4n) is 1.71. The molecule has 6 nitrogen and oxygen atoms in total. The van der Waals surface area contributed by atoms with E-state index in [-0.39, 0.29) is 12.4 Å². The van der Waals surface area contributed by atoms with Crippen LogP contribution >= 0.6 is 0 Å². The largest absolute Gasteiger partial charge is 0.307 e. The molecule has 8 heteroatoms. The van der Waals surface area contributed by atoms with Crippen molar-refractivity contribution in [2.45, 2.75) is 11.7 Å². The van der Waals surface area contributed by atoms with Crippen molar-refractivity contribution in [3.63, 3.8) is 0 Å². The Morgan fingerprint density at radius 3 is 2.61 bits per heavy atom. The highest BCUT2D eigenvalue weighted by molar-refractivity contribution is 7.87. The molecule has 0 saturated carbocycles. The Labute approximate surface area is 103 Å². The molecule has 0 radical (unpaired) electrons. The van der Waals surface area contributed by atoms with Crippen LogP contribution < -0.4 is 4.90 Å². The Balaban J connectivity index is 2.24. The first kappa shape index (κ1) is 12.6. The highest BCUT2D eigenvalue weighted by Gasteiger charge is 2.39. The van der Waals surface area contributed by atoms with Crippen LogP contribution in [0.25, 0.3) is 0 Å². The minimum atomic E-state index is -4.74. The molecule has 1 unspecified atom stereocenters. The molecule has 0 bridgehead atoms. The van der Waals surface area contributed by atoms with Crippen LogP contribution in [0.3, 0.4) is 0 Å². The lowest BCUT2D eigenvalue weighted by atomic mass is 10.3. The number of aromatic nitrogens is 1. The molecule has 1 aliphatic heterocycles. The first-order valence-corrected chi connectivity index (χ1v) is 6.51. The van der Waals surface area contributed by atoms with Gasteiger partial charge in [-0.15, -0.1) is 3.89 Å². The van der Waals surface area contributed by atoms with Crippen LogP contribution in [-0.2, 0) is 15.0 Å². The van der Waals surface area contributed by atoms with Gasteiger partial charge in [-0.25, -0.2) is 4.98 Å². The Hall–Kier alpha value is -1.83. The van der Waals surface area contributed by atoms with E-state index in [4.69, 9.17) is 0 Å². The fraction of sp³-hybridized carbons (Fsp3) is 0.300. The Bertz CT molecular complexity index is 584. The fourth-order valence-corrected chi connectivity index (χ4v) is 2.38.